The SMILES string of the molecule is CC(=O)NNC(=O)COc1cccc(C(=O)O)c1. The highest BCUT2D eigenvalue weighted by Gasteiger charge is 2.06. The molecule has 7 nitrogen and oxygen atoms in total. The minimum Gasteiger partial charge on any atom is -0.484 e. The molecule has 0 atom stereocenters. The summed E-state index contributed by atoms with van der Waals surface area (Å²) in [5, 5.41) is 8.75. The average Bonchev–Trinajstić information content (AvgIpc) is 2.34. The first-order valence-corrected chi connectivity index (χ1v) is 5.00. The Morgan fingerprint density at radius 3 is 2.61 bits per heavy atom. The summed E-state index contributed by atoms with van der Waals surface area (Å²) in [6.45, 7) is 0.917. The second-order valence-electron chi connectivity index (χ2n) is 3.35. The fourth-order valence-corrected chi connectivity index (χ4v) is 1.06. The van der Waals surface area contributed by atoms with E-state index in [0.717, 1.165) is 0 Å². The van der Waals surface area contributed by atoms with Crippen LogP contribution in [0.4, 0.5) is 0 Å². The molecule has 0 aliphatic carbocycles. The predicted molar refractivity (Wildman–Crippen MR) is 60.9 cm³/mol. The standard InChI is InChI=1S/C11H12N2O5/c1-7(14)12-13-10(15)6-18-9-4-2-3-8(5-9)11(16)17/h2-5H,6H2,1H3,(H,12,14)(H,13,15)(H,16,17). The first-order chi connectivity index (χ1) is 8.49. The molecular formula is C11H12N2O5. The maximum atomic E-state index is 11.2. The highest BCUT2D eigenvalue weighted by molar-refractivity contribution is 5.88. The Bertz CT molecular complexity index is 472. The van der Waals surface area contributed by atoms with Gasteiger partial charge in [0.1, 0.15) is 5.75 Å². The molecule has 0 saturated carbocycles. The van der Waals surface area contributed by atoms with Crippen molar-refractivity contribution in [2.45, 2.75) is 6.92 Å². The van der Waals surface area contributed by atoms with E-state index in [2.05, 4.69) is 10.9 Å². The number of ether oxygens (including phenoxy) is 1. The number of aromatic carboxylic acids is 1. The minimum atomic E-state index is -1.08. The zero-order valence-corrected chi connectivity index (χ0v) is 9.60. The van der Waals surface area contributed by atoms with Gasteiger partial charge in [-0.25, -0.2) is 4.79 Å². The Morgan fingerprint density at radius 1 is 1.28 bits per heavy atom. The Hall–Kier alpha value is -2.57. The van der Waals surface area contributed by atoms with Crippen molar-refractivity contribution in [1.82, 2.24) is 10.9 Å². The van der Waals surface area contributed by atoms with E-state index in [4.69, 9.17) is 9.84 Å². The van der Waals surface area contributed by atoms with Crippen molar-refractivity contribution in [3.63, 3.8) is 0 Å². The lowest BCUT2D eigenvalue weighted by Gasteiger charge is -2.07. The predicted octanol–water partition coefficient (Wildman–Crippen LogP) is -0.0691. The van der Waals surface area contributed by atoms with Gasteiger partial charge in [0.05, 0.1) is 5.56 Å². The van der Waals surface area contributed by atoms with Gasteiger partial charge in [0.25, 0.3) is 5.91 Å². The number of hydrogen-bond acceptors (Lipinski definition) is 4. The molecule has 18 heavy (non-hydrogen) atoms. The van der Waals surface area contributed by atoms with Gasteiger partial charge in [-0.2, -0.15) is 0 Å². The van der Waals surface area contributed by atoms with Crippen LogP contribution in [-0.4, -0.2) is 29.5 Å². The van der Waals surface area contributed by atoms with Gasteiger partial charge < -0.3 is 9.84 Å². The van der Waals surface area contributed by atoms with Crippen LogP contribution in [0, 0.1) is 0 Å². The van der Waals surface area contributed by atoms with E-state index < -0.39 is 17.8 Å². The topological polar surface area (TPSA) is 105 Å². The van der Waals surface area contributed by atoms with E-state index in [9.17, 15) is 14.4 Å². The van der Waals surface area contributed by atoms with Crippen LogP contribution in [0.3, 0.4) is 0 Å². The van der Waals surface area contributed by atoms with Crippen LogP contribution in [0.15, 0.2) is 24.3 Å². The highest BCUT2D eigenvalue weighted by Crippen LogP contribution is 2.12. The summed E-state index contributed by atoms with van der Waals surface area (Å²) >= 11 is 0. The lowest BCUT2D eigenvalue weighted by atomic mass is 10.2. The molecule has 7 heteroatoms. The molecule has 0 aromatic heterocycles. The van der Waals surface area contributed by atoms with Gasteiger partial charge in [-0.1, -0.05) is 6.07 Å². The number of amides is 2. The van der Waals surface area contributed by atoms with Crippen LogP contribution in [0.1, 0.15) is 17.3 Å². The molecule has 0 aliphatic rings. The largest absolute Gasteiger partial charge is 0.484 e. The molecule has 2 amide bonds. The van der Waals surface area contributed by atoms with Crippen LogP contribution in [0.5, 0.6) is 5.75 Å². The highest BCUT2D eigenvalue weighted by atomic mass is 16.5. The number of benzene rings is 1. The Labute approximate surface area is 103 Å². The number of rotatable bonds is 4. The zero-order chi connectivity index (χ0) is 13.5. The number of carboxylic acid groups (broad SMARTS) is 1. The van der Waals surface area contributed by atoms with Crippen molar-refractivity contribution in [1.29, 1.82) is 0 Å². The molecule has 0 saturated heterocycles. The fraction of sp³-hybridized carbons (Fsp3) is 0.182. The molecule has 0 spiro atoms. The van der Waals surface area contributed by atoms with Crippen molar-refractivity contribution in [2.24, 2.45) is 0 Å². The van der Waals surface area contributed by atoms with Gasteiger partial charge in [0.15, 0.2) is 6.61 Å². The molecule has 0 unspecified atom stereocenters. The summed E-state index contributed by atoms with van der Waals surface area (Å²) in [6, 6.07) is 5.74. The second-order valence-corrected chi connectivity index (χ2v) is 3.35. The van der Waals surface area contributed by atoms with Crippen LogP contribution >= 0.6 is 0 Å². The van der Waals surface area contributed by atoms with Crippen LogP contribution in [0.25, 0.3) is 0 Å². The van der Waals surface area contributed by atoms with Crippen LogP contribution < -0.4 is 15.6 Å². The normalized spacial score (nSPS) is 9.39. The van der Waals surface area contributed by atoms with E-state index >= 15 is 0 Å². The summed E-state index contributed by atoms with van der Waals surface area (Å²) in [5.74, 6) is -1.78. The van der Waals surface area contributed by atoms with Gasteiger partial charge in [-0.15, -0.1) is 0 Å². The molecule has 0 fully saturated rings. The second kappa shape index (κ2) is 6.24. The summed E-state index contributed by atoms with van der Waals surface area (Å²) in [7, 11) is 0. The number of hydrazine groups is 1. The zero-order valence-electron chi connectivity index (χ0n) is 9.60. The molecular weight excluding hydrogens is 240 g/mol. The van der Waals surface area contributed by atoms with Crippen LogP contribution in [0.2, 0.25) is 0 Å². The van der Waals surface area contributed by atoms with Crippen molar-refractivity contribution in [3.8, 4) is 5.75 Å². The number of carbonyl (C=O) groups excluding carboxylic acids is 2. The molecule has 0 heterocycles. The molecule has 3 N–H and O–H groups in total. The third-order valence-electron chi connectivity index (χ3n) is 1.83. The first kappa shape index (κ1) is 13.5. The third kappa shape index (κ3) is 4.52. The van der Waals surface area contributed by atoms with Gasteiger partial charge >= 0.3 is 5.97 Å². The van der Waals surface area contributed by atoms with Crippen LogP contribution in [-0.2, 0) is 9.59 Å². The molecule has 0 radical (unpaired) electrons. The van der Waals surface area contributed by atoms with Gasteiger partial charge in [0.2, 0.25) is 5.91 Å². The Morgan fingerprint density at radius 2 is 2.00 bits per heavy atom. The number of carboxylic acids is 1. The molecule has 1 rings (SSSR count). The van der Waals surface area contributed by atoms with E-state index in [1.54, 1.807) is 0 Å². The third-order valence-corrected chi connectivity index (χ3v) is 1.83. The number of nitrogens with one attached hydrogen (secondary N) is 2. The molecule has 0 bridgehead atoms. The summed E-state index contributed by atoms with van der Waals surface area (Å²) in [6.07, 6.45) is 0. The summed E-state index contributed by atoms with van der Waals surface area (Å²) in [5.41, 5.74) is 4.27. The van der Waals surface area contributed by atoms with Crippen molar-refractivity contribution < 1.29 is 24.2 Å². The van der Waals surface area contributed by atoms with E-state index in [1.165, 1.54) is 31.2 Å². The van der Waals surface area contributed by atoms with Gasteiger partial charge in [-0.05, 0) is 18.2 Å². The maximum Gasteiger partial charge on any atom is 0.335 e. The Balaban J connectivity index is 2.48. The molecule has 1 aromatic rings. The van der Waals surface area contributed by atoms with Crippen molar-refractivity contribution in [3.05, 3.63) is 29.8 Å². The van der Waals surface area contributed by atoms with Crippen molar-refractivity contribution in [2.75, 3.05) is 6.61 Å². The summed E-state index contributed by atoms with van der Waals surface area (Å²) in [4.78, 5) is 32.4. The minimum absolute atomic E-state index is 0.0646. The molecule has 1 aromatic carbocycles. The van der Waals surface area contributed by atoms with E-state index in [1.807, 2.05) is 0 Å². The fourth-order valence-electron chi connectivity index (χ4n) is 1.06. The van der Waals surface area contributed by atoms with Crippen molar-refractivity contribution >= 4 is 17.8 Å². The maximum absolute atomic E-state index is 11.2. The Kier molecular flexibility index (Phi) is 4.67. The number of carbonyl (C=O) groups is 3. The monoisotopic (exact) mass is 252 g/mol. The van der Waals surface area contributed by atoms with E-state index in [0.29, 0.717) is 0 Å². The lowest BCUT2D eigenvalue weighted by Crippen LogP contribution is -2.42. The summed E-state index contributed by atoms with van der Waals surface area (Å²) < 4.78 is 5.06. The lowest BCUT2D eigenvalue weighted by molar-refractivity contribution is -0.129. The van der Waals surface area contributed by atoms with Gasteiger partial charge in [0, 0.05) is 6.92 Å². The van der Waals surface area contributed by atoms with Gasteiger partial charge in [-0.3, -0.25) is 20.4 Å². The average molecular weight is 252 g/mol. The quantitative estimate of drug-likeness (QED) is 0.651. The molecule has 96 valence electrons. The smallest absolute Gasteiger partial charge is 0.335 e. The van der Waals surface area contributed by atoms with E-state index in [-0.39, 0.29) is 17.9 Å². The molecule has 0 aliphatic heterocycles. The number of hydrogen-bond donors (Lipinski definition) is 3. The first-order valence-electron chi connectivity index (χ1n) is 5.00.